The average molecular weight is 325 g/mol. The number of rotatable bonds is 2. The summed E-state index contributed by atoms with van der Waals surface area (Å²) in [7, 11) is 0. The van der Waals surface area contributed by atoms with E-state index in [2.05, 4.69) is 27.7 Å². The SMILES string of the molecule is Fc1ccc2c(c1)c(I)nn2CCCl. The summed E-state index contributed by atoms with van der Waals surface area (Å²) in [6.07, 6.45) is 0. The van der Waals surface area contributed by atoms with Crippen molar-refractivity contribution >= 4 is 45.1 Å². The van der Waals surface area contributed by atoms with Crippen molar-refractivity contribution in [2.45, 2.75) is 6.54 Å². The molecule has 0 radical (unpaired) electrons. The van der Waals surface area contributed by atoms with Gasteiger partial charge in [-0.05, 0) is 40.8 Å². The molecule has 1 heterocycles. The highest BCUT2D eigenvalue weighted by Gasteiger charge is 2.08. The Kier molecular flexibility index (Phi) is 2.92. The van der Waals surface area contributed by atoms with Gasteiger partial charge in [-0.25, -0.2) is 4.39 Å². The summed E-state index contributed by atoms with van der Waals surface area (Å²) in [6, 6.07) is 4.66. The van der Waals surface area contributed by atoms with Crippen LogP contribution in [-0.2, 0) is 6.54 Å². The number of halogens is 3. The minimum atomic E-state index is -0.235. The van der Waals surface area contributed by atoms with Crippen molar-refractivity contribution in [1.29, 1.82) is 0 Å². The van der Waals surface area contributed by atoms with Gasteiger partial charge in [0.1, 0.15) is 9.52 Å². The van der Waals surface area contributed by atoms with Gasteiger partial charge in [0.25, 0.3) is 0 Å². The van der Waals surface area contributed by atoms with Gasteiger partial charge >= 0.3 is 0 Å². The van der Waals surface area contributed by atoms with E-state index in [-0.39, 0.29) is 5.82 Å². The normalized spacial score (nSPS) is 11.1. The Morgan fingerprint density at radius 1 is 1.50 bits per heavy atom. The molecule has 0 atom stereocenters. The summed E-state index contributed by atoms with van der Waals surface area (Å²) in [5.74, 6) is 0.269. The van der Waals surface area contributed by atoms with E-state index in [1.54, 1.807) is 10.7 Å². The highest BCUT2D eigenvalue weighted by molar-refractivity contribution is 14.1. The fourth-order valence-electron chi connectivity index (χ4n) is 1.36. The van der Waals surface area contributed by atoms with Crippen LogP contribution in [0.1, 0.15) is 0 Å². The van der Waals surface area contributed by atoms with Gasteiger partial charge in [0.15, 0.2) is 0 Å². The Labute approximate surface area is 99.2 Å². The maximum absolute atomic E-state index is 12.9. The van der Waals surface area contributed by atoms with Crippen molar-refractivity contribution < 1.29 is 4.39 Å². The Balaban J connectivity index is 2.65. The van der Waals surface area contributed by atoms with Crippen molar-refractivity contribution in [3.8, 4) is 0 Å². The molecule has 0 aliphatic carbocycles. The van der Waals surface area contributed by atoms with Gasteiger partial charge in [-0.2, -0.15) is 5.10 Å². The number of benzene rings is 1. The topological polar surface area (TPSA) is 17.8 Å². The lowest BCUT2D eigenvalue weighted by atomic mass is 10.2. The molecule has 1 aromatic carbocycles. The Bertz CT molecular complexity index is 469. The van der Waals surface area contributed by atoms with Crippen LogP contribution < -0.4 is 0 Å². The minimum Gasteiger partial charge on any atom is -0.263 e. The lowest BCUT2D eigenvalue weighted by Gasteiger charge is -1.98. The molecule has 2 nitrogen and oxygen atoms in total. The molecule has 2 aromatic rings. The largest absolute Gasteiger partial charge is 0.263 e. The van der Waals surface area contributed by atoms with Crippen LogP contribution >= 0.6 is 34.2 Å². The van der Waals surface area contributed by atoms with Crippen LogP contribution in [0.4, 0.5) is 4.39 Å². The molecule has 0 spiro atoms. The molecule has 74 valence electrons. The van der Waals surface area contributed by atoms with Crippen LogP contribution in [0.3, 0.4) is 0 Å². The predicted octanol–water partition coefficient (Wildman–Crippen LogP) is 3.02. The fourth-order valence-corrected chi connectivity index (χ4v) is 2.22. The molecule has 0 amide bonds. The summed E-state index contributed by atoms with van der Waals surface area (Å²) >= 11 is 7.73. The van der Waals surface area contributed by atoms with Crippen molar-refractivity contribution in [2.24, 2.45) is 0 Å². The summed E-state index contributed by atoms with van der Waals surface area (Å²) in [5.41, 5.74) is 0.927. The fraction of sp³-hybridized carbons (Fsp3) is 0.222. The van der Waals surface area contributed by atoms with Gasteiger partial charge in [-0.15, -0.1) is 11.6 Å². The lowest BCUT2D eigenvalue weighted by molar-refractivity contribution is 0.629. The maximum Gasteiger partial charge on any atom is 0.131 e. The zero-order valence-electron chi connectivity index (χ0n) is 7.17. The molecule has 2 rings (SSSR count). The first kappa shape index (κ1) is 10.2. The molecule has 0 fully saturated rings. The van der Waals surface area contributed by atoms with Gasteiger partial charge in [0, 0.05) is 11.3 Å². The van der Waals surface area contributed by atoms with Crippen LogP contribution in [0.25, 0.3) is 10.9 Å². The lowest BCUT2D eigenvalue weighted by Crippen LogP contribution is -2.00. The van der Waals surface area contributed by atoms with Crippen LogP contribution in [0, 0.1) is 9.52 Å². The number of aromatic nitrogens is 2. The van der Waals surface area contributed by atoms with E-state index in [1.807, 2.05) is 0 Å². The molecule has 0 saturated heterocycles. The Morgan fingerprint density at radius 2 is 2.29 bits per heavy atom. The standard InChI is InChI=1S/C9H7ClFIN2/c10-3-4-14-8-2-1-6(11)5-7(8)9(12)13-14/h1-2,5H,3-4H2. The van der Waals surface area contributed by atoms with E-state index in [0.29, 0.717) is 12.4 Å². The Hall–Kier alpha value is -0.360. The van der Waals surface area contributed by atoms with Crippen LogP contribution in [-0.4, -0.2) is 15.7 Å². The molecule has 0 aliphatic heterocycles. The third-order valence-electron chi connectivity index (χ3n) is 1.96. The van der Waals surface area contributed by atoms with E-state index in [9.17, 15) is 4.39 Å². The highest BCUT2D eigenvalue weighted by atomic mass is 127. The van der Waals surface area contributed by atoms with Gasteiger partial charge in [-0.3, -0.25) is 4.68 Å². The Morgan fingerprint density at radius 3 is 3.00 bits per heavy atom. The highest BCUT2D eigenvalue weighted by Crippen LogP contribution is 2.21. The van der Waals surface area contributed by atoms with Crippen LogP contribution in [0.5, 0.6) is 0 Å². The van der Waals surface area contributed by atoms with Gasteiger partial charge in [0.05, 0.1) is 12.1 Å². The van der Waals surface area contributed by atoms with Gasteiger partial charge in [0.2, 0.25) is 0 Å². The quantitative estimate of drug-likeness (QED) is 0.613. The van der Waals surface area contributed by atoms with Gasteiger partial charge < -0.3 is 0 Å². The predicted molar refractivity (Wildman–Crippen MR) is 63.1 cm³/mol. The van der Waals surface area contributed by atoms with Crippen molar-refractivity contribution in [2.75, 3.05) is 5.88 Å². The third-order valence-corrected chi connectivity index (χ3v) is 2.93. The van der Waals surface area contributed by atoms with Gasteiger partial charge in [-0.1, -0.05) is 0 Å². The molecule has 1 aromatic heterocycles. The number of nitrogens with zero attached hydrogens (tertiary/aromatic N) is 2. The van der Waals surface area contributed by atoms with E-state index in [1.165, 1.54) is 12.1 Å². The summed E-state index contributed by atoms with van der Waals surface area (Å²) in [4.78, 5) is 0. The first-order valence-corrected chi connectivity index (χ1v) is 5.71. The van der Waals surface area contributed by atoms with Crippen LogP contribution in [0.2, 0.25) is 0 Å². The second-order valence-corrected chi connectivity index (χ2v) is 4.26. The van der Waals surface area contributed by atoms with Crippen molar-refractivity contribution in [3.05, 3.63) is 27.7 Å². The summed E-state index contributed by atoms with van der Waals surface area (Å²) < 4.78 is 15.5. The molecule has 0 N–H and O–H groups in total. The zero-order chi connectivity index (χ0) is 10.1. The molecule has 14 heavy (non-hydrogen) atoms. The minimum absolute atomic E-state index is 0.235. The smallest absolute Gasteiger partial charge is 0.131 e. The molecule has 5 heteroatoms. The molecule has 0 bridgehead atoms. The monoisotopic (exact) mass is 324 g/mol. The first-order valence-electron chi connectivity index (χ1n) is 4.10. The van der Waals surface area contributed by atoms with E-state index in [4.69, 9.17) is 11.6 Å². The third kappa shape index (κ3) is 1.72. The maximum atomic E-state index is 12.9. The zero-order valence-corrected chi connectivity index (χ0v) is 10.1. The number of alkyl halides is 1. The van der Waals surface area contributed by atoms with Crippen LogP contribution in [0.15, 0.2) is 18.2 Å². The average Bonchev–Trinajstić information content (AvgIpc) is 2.44. The number of aryl methyl sites for hydroxylation is 1. The molecular weight excluding hydrogens is 317 g/mol. The molecular formula is C9H7ClFIN2. The number of hydrogen-bond donors (Lipinski definition) is 0. The van der Waals surface area contributed by atoms with E-state index < -0.39 is 0 Å². The molecule has 0 unspecified atom stereocenters. The summed E-state index contributed by atoms with van der Waals surface area (Å²) in [5, 5.41) is 5.12. The molecule has 0 saturated carbocycles. The van der Waals surface area contributed by atoms with E-state index >= 15 is 0 Å². The second kappa shape index (κ2) is 4.02. The first-order chi connectivity index (χ1) is 6.72. The summed E-state index contributed by atoms with van der Waals surface area (Å²) in [6.45, 7) is 0.646. The van der Waals surface area contributed by atoms with Crippen molar-refractivity contribution in [3.63, 3.8) is 0 Å². The number of fused-ring (bicyclic) bond motifs is 1. The second-order valence-electron chi connectivity index (χ2n) is 2.86. The van der Waals surface area contributed by atoms with E-state index in [0.717, 1.165) is 14.6 Å². The molecule has 0 aliphatic rings. The van der Waals surface area contributed by atoms with Crippen molar-refractivity contribution in [1.82, 2.24) is 9.78 Å². The number of hydrogen-bond acceptors (Lipinski definition) is 1.